The molecule has 0 aromatic heterocycles. The Morgan fingerprint density at radius 1 is 1.14 bits per heavy atom. The minimum Gasteiger partial charge on any atom is -0.385 e. The first-order valence-electron chi connectivity index (χ1n) is 10.9. The van der Waals surface area contributed by atoms with E-state index >= 15 is 0 Å². The number of hydrogen-bond donors (Lipinski definition) is 2. The van der Waals surface area contributed by atoms with E-state index in [1.807, 2.05) is 7.05 Å². The van der Waals surface area contributed by atoms with E-state index in [0.717, 1.165) is 51.7 Å². The lowest BCUT2D eigenvalue weighted by molar-refractivity contribution is 0.138. The minimum absolute atomic E-state index is 0.358. The van der Waals surface area contributed by atoms with E-state index in [1.165, 1.54) is 36.8 Å². The maximum absolute atomic E-state index is 5.34. The van der Waals surface area contributed by atoms with Gasteiger partial charge in [0.1, 0.15) is 0 Å². The van der Waals surface area contributed by atoms with Gasteiger partial charge in [-0.3, -0.25) is 9.89 Å². The third-order valence-electron chi connectivity index (χ3n) is 6.11. The largest absolute Gasteiger partial charge is 0.385 e. The van der Waals surface area contributed by atoms with Crippen molar-refractivity contribution in [2.45, 2.75) is 59.0 Å². The van der Waals surface area contributed by atoms with Crippen LogP contribution in [0.15, 0.2) is 29.3 Å². The predicted octanol–water partition coefficient (Wildman–Crippen LogP) is 3.79. The number of nitrogens with one attached hydrogen (secondary N) is 2. The summed E-state index contributed by atoms with van der Waals surface area (Å²) in [6.45, 7) is 10.2. The molecule has 0 spiro atoms. The second-order valence-corrected chi connectivity index (χ2v) is 8.01. The number of hydrogen-bond acceptors (Lipinski definition) is 3. The molecule has 1 aliphatic carbocycles. The van der Waals surface area contributed by atoms with Crippen LogP contribution in [0.2, 0.25) is 0 Å². The van der Waals surface area contributed by atoms with Crippen LogP contribution in [0.3, 0.4) is 0 Å². The van der Waals surface area contributed by atoms with Gasteiger partial charge in [0.25, 0.3) is 0 Å². The monoisotopic (exact) mass is 388 g/mol. The van der Waals surface area contributed by atoms with Crippen LogP contribution in [0.4, 0.5) is 0 Å². The summed E-state index contributed by atoms with van der Waals surface area (Å²) in [7, 11) is 3.65. The van der Waals surface area contributed by atoms with Crippen LogP contribution >= 0.6 is 0 Å². The maximum atomic E-state index is 5.34. The average molecular weight is 389 g/mol. The molecule has 0 amide bonds. The van der Waals surface area contributed by atoms with E-state index in [1.54, 1.807) is 7.11 Å². The molecule has 0 bridgehead atoms. The van der Waals surface area contributed by atoms with Crippen LogP contribution in [-0.2, 0) is 17.8 Å². The fraction of sp³-hybridized carbons (Fsp3) is 0.696. The zero-order chi connectivity index (χ0) is 20.2. The fourth-order valence-electron chi connectivity index (χ4n) is 4.18. The Morgan fingerprint density at radius 2 is 1.86 bits per heavy atom. The van der Waals surface area contributed by atoms with Gasteiger partial charge in [0.05, 0.1) is 0 Å². The molecule has 1 fully saturated rings. The van der Waals surface area contributed by atoms with Crippen LogP contribution in [0.25, 0.3) is 0 Å². The molecule has 1 aromatic rings. The summed E-state index contributed by atoms with van der Waals surface area (Å²) in [6, 6.07) is 8.86. The highest BCUT2D eigenvalue weighted by Gasteiger charge is 2.33. The number of benzene rings is 1. The van der Waals surface area contributed by atoms with Crippen molar-refractivity contribution in [1.29, 1.82) is 0 Å². The first kappa shape index (κ1) is 22.7. The fourth-order valence-corrected chi connectivity index (χ4v) is 4.18. The molecule has 1 saturated carbocycles. The standard InChI is InChI=1S/C23H40N4O/c1-5-27(6-2)18-21-11-9-10-20(16-21)17-25-22(24-3)26-19-23(14-15-28-4)12-7-8-13-23/h9-11,16H,5-8,12-15,17-19H2,1-4H3,(H2,24,25,26). The minimum atomic E-state index is 0.358. The van der Waals surface area contributed by atoms with Crippen molar-refractivity contribution in [2.24, 2.45) is 10.4 Å². The zero-order valence-corrected chi connectivity index (χ0v) is 18.4. The number of guanidine groups is 1. The average Bonchev–Trinajstić information content (AvgIpc) is 3.20. The predicted molar refractivity (Wildman–Crippen MR) is 119 cm³/mol. The van der Waals surface area contributed by atoms with Crippen LogP contribution in [0, 0.1) is 5.41 Å². The molecule has 5 nitrogen and oxygen atoms in total. The quantitative estimate of drug-likeness (QED) is 0.447. The Bertz CT molecular complexity index is 592. The van der Waals surface area contributed by atoms with Crippen LogP contribution in [-0.4, -0.2) is 51.3 Å². The van der Waals surface area contributed by atoms with Crippen molar-refractivity contribution >= 4 is 5.96 Å². The van der Waals surface area contributed by atoms with Crippen LogP contribution in [0.5, 0.6) is 0 Å². The summed E-state index contributed by atoms with van der Waals surface area (Å²) >= 11 is 0. The van der Waals surface area contributed by atoms with Crippen molar-refractivity contribution in [3.8, 4) is 0 Å². The molecule has 0 unspecified atom stereocenters. The molecule has 1 aromatic carbocycles. The normalized spacial score (nSPS) is 16.5. The van der Waals surface area contributed by atoms with E-state index in [2.05, 4.69) is 58.6 Å². The summed E-state index contributed by atoms with van der Waals surface area (Å²) in [5, 5.41) is 7.06. The summed E-state index contributed by atoms with van der Waals surface area (Å²) in [4.78, 5) is 6.87. The molecular formula is C23H40N4O. The highest BCUT2D eigenvalue weighted by atomic mass is 16.5. The first-order valence-corrected chi connectivity index (χ1v) is 10.9. The first-order chi connectivity index (χ1) is 13.6. The van der Waals surface area contributed by atoms with Crippen LogP contribution in [0.1, 0.15) is 57.1 Å². The van der Waals surface area contributed by atoms with Gasteiger partial charge in [0.15, 0.2) is 5.96 Å². The molecule has 2 N–H and O–H groups in total. The van der Waals surface area contributed by atoms with E-state index in [4.69, 9.17) is 4.74 Å². The van der Waals surface area contributed by atoms with E-state index in [-0.39, 0.29) is 0 Å². The van der Waals surface area contributed by atoms with Gasteiger partial charge in [-0.1, -0.05) is 51.0 Å². The van der Waals surface area contributed by atoms with Gasteiger partial charge in [0.2, 0.25) is 0 Å². The lowest BCUT2D eigenvalue weighted by Gasteiger charge is -2.30. The Hall–Kier alpha value is -1.59. The summed E-state index contributed by atoms with van der Waals surface area (Å²) in [5.41, 5.74) is 3.02. The van der Waals surface area contributed by atoms with Gasteiger partial charge in [-0.05, 0) is 48.9 Å². The van der Waals surface area contributed by atoms with Crippen molar-refractivity contribution in [1.82, 2.24) is 15.5 Å². The lowest BCUT2D eigenvalue weighted by atomic mass is 9.83. The smallest absolute Gasteiger partial charge is 0.191 e. The zero-order valence-electron chi connectivity index (χ0n) is 18.4. The molecule has 0 heterocycles. The summed E-state index contributed by atoms with van der Waals surface area (Å²) in [6.07, 6.45) is 6.36. The topological polar surface area (TPSA) is 48.9 Å². The number of ether oxygens (including phenoxy) is 1. The van der Waals surface area contributed by atoms with Crippen molar-refractivity contribution in [2.75, 3.05) is 40.4 Å². The van der Waals surface area contributed by atoms with Gasteiger partial charge >= 0.3 is 0 Å². The SMILES string of the molecule is CCN(CC)Cc1cccc(CNC(=NC)NCC2(CCOC)CCCC2)c1. The molecule has 0 atom stereocenters. The van der Waals surface area contributed by atoms with Crippen molar-refractivity contribution < 1.29 is 4.74 Å². The Kier molecular flexibility index (Phi) is 9.79. The van der Waals surface area contributed by atoms with E-state index < -0.39 is 0 Å². The van der Waals surface area contributed by atoms with Gasteiger partial charge in [-0.25, -0.2) is 0 Å². The molecular weight excluding hydrogens is 348 g/mol. The Morgan fingerprint density at radius 3 is 2.50 bits per heavy atom. The Labute approximate surface area is 171 Å². The van der Waals surface area contributed by atoms with Gasteiger partial charge < -0.3 is 15.4 Å². The summed E-state index contributed by atoms with van der Waals surface area (Å²) in [5.74, 6) is 0.887. The Balaban J connectivity index is 1.86. The van der Waals surface area contributed by atoms with Crippen molar-refractivity contribution in [3.05, 3.63) is 35.4 Å². The number of methoxy groups -OCH3 is 1. The molecule has 1 aliphatic rings. The maximum Gasteiger partial charge on any atom is 0.191 e. The highest BCUT2D eigenvalue weighted by molar-refractivity contribution is 5.79. The van der Waals surface area contributed by atoms with Gasteiger partial charge in [-0.15, -0.1) is 0 Å². The third kappa shape index (κ3) is 7.10. The number of aliphatic imine (C=N–C) groups is 1. The van der Waals surface area contributed by atoms with Gasteiger partial charge in [-0.2, -0.15) is 0 Å². The van der Waals surface area contributed by atoms with Crippen molar-refractivity contribution in [3.63, 3.8) is 0 Å². The second-order valence-electron chi connectivity index (χ2n) is 8.01. The molecule has 0 aliphatic heterocycles. The molecule has 2 rings (SSSR count). The lowest BCUT2D eigenvalue weighted by Crippen LogP contribution is -2.43. The molecule has 0 saturated heterocycles. The number of nitrogens with zero attached hydrogens (tertiary/aromatic N) is 2. The molecule has 5 heteroatoms. The van der Waals surface area contributed by atoms with E-state index in [0.29, 0.717) is 5.41 Å². The summed E-state index contributed by atoms with van der Waals surface area (Å²) < 4.78 is 5.34. The number of rotatable bonds is 11. The van der Waals surface area contributed by atoms with Gasteiger partial charge in [0, 0.05) is 40.4 Å². The van der Waals surface area contributed by atoms with Crippen LogP contribution < -0.4 is 10.6 Å². The molecule has 158 valence electrons. The second kappa shape index (κ2) is 12.1. The molecule has 0 radical (unpaired) electrons. The van der Waals surface area contributed by atoms with E-state index in [9.17, 15) is 0 Å². The highest BCUT2D eigenvalue weighted by Crippen LogP contribution is 2.40. The molecule has 28 heavy (non-hydrogen) atoms. The third-order valence-corrected chi connectivity index (χ3v) is 6.11.